The van der Waals surface area contributed by atoms with Crippen molar-refractivity contribution >= 4 is 0 Å². The predicted molar refractivity (Wildman–Crippen MR) is 39.1 cm³/mol. The number of rotatable bonds is 0. The van der Waals surface area contributed by atoms with Crippen LogP contribution in [0.25, 0.3) is 0 Å². The molecule has 0 heterocycles. The average molecular weight is 262 g/mol. The fraction of sp³-hybridized carbons (Fsp3) is 0.800. The van der Waals surface area contributed by atoms with E-state index in [2.05, 4.69) is 0 Å². The Balaban J connectivity index is 1.96. The highest BCUT2D eigenvalue weighted by molar-refractivity contribution is 5.95. The molecule has 0 spiro atoms. The summed E-state index contributed by atoms with van der Waals surface area (Å²) in [5.41, 5.74) is -29.1. The summed E-state index contributed by atoms with van der Waals surface area (Å²) in [6, 6.07) is 1.75. The first-order valence-corrected chi connectivity index (χ1v) is 5.08. The Kier molecular flexibility index (Phi) is 0.737. The molecule has 0 aliphatic heterocycles. The lowest BCUT2D eigenvalue weighted by atomic mass is 8.86. The monoisotopic (exact) mass is 262 g/mol. The van der Waals surface area contributed by atoms with Gasteiger partial charge in [-0.2, -0.15) is 10.5 Å². The molecule has 6 rings (SSSR count). The van der Waals surface area contributed by atoms with Gasteiger partial charge in [0, 0.05) is 0 Å². The number of nitriles is 2. The molecule has 6 saturated carbocycles. The quantitative estimate of drug-likeness (QED) is 0.618. The van der Waals surface area contributed by atoms with Crippen LogP contribution in [-0.2, 0) is 0 Å². The van der Waals surface area contributed by atoms with Crippen molar-refractivity contribution in [2.45, 2.75) is 34.0 Å². The summed E-state index contributed by atoms with van der Waals surface area (Å²) in [5, 5.41) is 17.3. The van der Waals surface area contributed by atoms with Crippen molar-refractivity contribution in [3.8, 4) is 12.1 Å². The van der Waals surface area contributed by atoms with Crippen LogP contribution in [0.2, 0.25) is 0 Å². The normalized spacial score (nSPS) is 86.9. The van der Waals surface area contributed by atoms with Crippen LogP contribution in [0.4, 0.5) is 26.3 Å². The second-order valence-electron chi connectivity index (χ2n) is 5.67. The highest BCUT2D eigenvalue weighted by Gasteiger charge is 3.49. The van der Waals surface area contributed by atoms with Gasteiger partial charge >= 0.3 is 0 Å². The van der Waals surface area contributed by atoms with Crippen LogP contribution >= 0.6 is 0 Å². The third kappa shape index (κ3) is 0.211. The van der Waals surface area contributed by atoms with Gasteiger partial charge in [0.25, 0.3) is 0 Å². The molecule has 2 nitrogen and oxygen atoms in total. The Hall–Kier alpha value is -1.44. The Morgan fingerprint density at radius 1 is 0.500 bits per heavy atom. The molecule has 0 amide bonds. The Morgan fingerprint density at radius 3 is 0.778 bits per heavy atom. The molecule has 6 fully saturated rings. The zero-order valence-corrected chi connectivity index (χ0v) is 8.16. The minimum atomic E-state index is -3.76. The molecule has 0 N–H and O–H groups in total. The van der Waals surface area contributed by atoms with Crippen molar-refractivity contribution < 1.29 is 26.3 Å². The predicted octanol–water partition coefficient (Wildman–Crippen LogP) is 1.32. The zero-order valence-electron chi connectivity index (χ0n) is 8.16. The SMILES string of the molecule is N#CC12C3(F)C4(F)C1(F)C1(F)C2(F)C3(F)C41C#N. The third-order valence-corrected chi connectivity index (χ3v) is 6.28. The maximum Gasteiger partial charge on any atom is 0.214 e. The second-order valence-corrected chi connectivity index (χ2v) is 5.67. The van der Waals surface area contributed by atoms with Crippen LogP contribution in [0.1, 0.15) is 0 Å². The van der Waals surface area contributed by atoms with Crippen molar-refractivity contribution in [1.82, 2.24) is 0 Å². The highest BCUT2D eigenvalue weighted by atomic mass is 19.2. The van der Waals surface area contributed by atoms with E-state index in [9.17, 15) is 26.3 Å². The van der Waals surface area contributed by atoms with E-state index in [0.29, 0.717) is 0 Å². The summed E-state index contributed by atoms with van der Waals surface area (Å²) < 4.78 is 85.0. The molecule has 0 aromatic carbocycles. The molecule has 0 radical (unpaired) electrons. The van der Waals surface area contributed by atoms with E-state index in [1.165, 1.54) is 0 Å². The molecule has 0 aromatic rings. The van der Waals surface area contributed by atoms with E-state index >= 15 is 0 Å². The van der Waals surface area contributed by atoms with Gasteiger partial charge in [-0.1, -0.05) is 0 Å². The van der Waals surface area contributed by atoms with Gasteiger partial charge in [-0.25, -0.2) is 26.3 Å². The summed E-state index contributed by atoms with van der Waals surface area (Å²) >= 11 is 0. The highest BCUT2D eigenvalue weighted by Crippen LogP contribution is 3.21. The van der Waals surface area contributed by atoms with Gasteiger partial charge in [0.15, 0.2) is 10.8 Å². The summed E-state index contributed by atoms with van der Waals surface area (Å²) in [6.07, 6.45) is 0. The molecule has 0 aromatic heterocycles. The van der Waals surface area contributed by atoms with Gasteiger partial charge in [0.2, 0.25) is 34.0 Å². The third-order valence-electron chi connectivity index (χ3n) is 6.28. The van der Waals surface area contributed by atoms with Crippen LogP contribution in [0, 0.1) is 33.5 Å². The van der Waals surface area contributed by atoms with Gasteiger partial charge in [-0.05, 0) is 0 Å². The fourth-order valence-corrected chi connectivity index (χ4v) is 6.04. The molecule has 6 aliphatic rings. The van der Waals surface area contributed by atoms with E-state index in [1.54, 1.807) is 0 Å². The lowest BCUT2D eigenvalue weighted by molar-refractivity contribution is -0.791. The number of alkyl halides is 6. The Morgan fingerprint density at radius 2 is 0.667 bits per heavy atom. The minimum absolute atomic E-state index is 0.876. The first kappa shape index (κ1) is 9.48. The average Bonchev–Trinajstić information content (AvgIpc) is 2.35. The summed E-state index contributed by atoms with van der Waals surface area (Å²) in [6.45, 7) is 0. The maximum atomic E-state index is 14.2. The first-order valence-electron chi connectivity index (χ1n) is 5.08. The molecule has 0 unspecified atom stereocenters. The molecule has 6 aliphatic carbocycles. The van der Waals surface area contributed by atoms with Crippen LogP contribution in [0.15, 0.2) is 0 Å². The second kappa shape index (κ2) is 1.40. The number of halogens is 6. The largest absolute Gasteiger partial charge is 0.234 e. The van der Waals surface area contributed by atoms with Crippen LogP contribution in [-0.4, -0.2) is 34.0 Å². The number of hydrogen-bond donors (Lipinski definition) is 0. The van der Waals surface area contributed by atoms with E-state index in [0.717, 1.165) is 12.1 Å². The molecular weight excluding hydrogens is 262 g/mol. The van der Waals surface area contributed by atoms with Gasteiger partial charge in [-0.3, -0.25) is 0 Å². The smallest absolute Gasteiger partial charge is 0.214 e. The summed E-state index contributed by atoms with van der Waals surface area (Å²) in [7, 11) is 0. The van der Waals surface area contributed by atoms with Gasteiger partial charge < -0.3 is 0 Å². The lowest BCUT2D eigenvalue weighted by Crippen LogP contribution is -3.42. The topological polar surface area (TPSA) is 47.6 Å². The van der Waals surface area contributed by atoms with Crippen molar-refractivity contribution in [3.05, 3.63) is 0 Å². The van der Waals surface area contributed by atoms with Crippen LogP contribution in [0.3, 0.4) is 0 Å². The number of nitrogens with zero attached hydrogens (tertiary/aromatic N) is 2. The molecule has 0 saturated heterocycles. The van der Waals surface area contributed by atoms with Crippen molar-refractivity contribution in [1.29, 1.82) is 10.5 Å². The Labute approximate surface area is 94.8 Å². The lowest BCUT2D eigenvalue weighted by Gasteiger charge is -3.13. The van der Waals surface area contributed by atoms with E-state index in [-0.39, 0.29) is 0 Å². The van der Waals surface area contributed by atoms with E-state index < -0.39 is 44.8 Å². The fourth-order valence-electron chi connectivity index (χ4n) is 6.04. The van der Waals surface area contributed by atoms with Gasteiger partial charge in [-0.15, -0.1) is 0 Å². The van der Waals surface area contributed by atoms with E-state index in [1.807, 2.05) is 0 Å². The maximum absolute atomic E-state index is 14.2. The molecule has 18 heavy (non-hydrogen) atoms. The molecule has 92 valence electrons. The van der Waals surface area contributed by atoms with Crippen LogP contribution in [0.5, 0.6) is 0 Å². The standard InChI is InChI=1S/C10F6N2/c11-5-3(1-17)6(12)8(5,14)4(2-18)9(5,15)7(3,13)10(4,6)16. The summed E-state index contributed by atoms with van der Waals surface area (Å²) in [4.78, 5) is 0. The van der Waals surface area contributed by atoms with Crippen molar-refractivity contribution in [2.75, 3.05) is 0 Å². The Bertz CT molecular complexity index is 554. The van der Waals surface area contributed by atoms with Crippen molar-refractivity contribution in [3.63, 3.8) is 0 Å². The molecular formula is C10F6N2. The first-order chi connectivity index (χ1) is 8.12. The molecule has 0 atom stereocenters. The minimum Gasteiger partial charge on any atom is -0.234 e. The van der Waals surface area contributed by atoms with Crippen LogP contribution < -0.4 is 0 Å². The van der Waals surface area contributed by atoms with E-state index in [4.69, 9.17) is 10.5 Å². The molecule has 0 bridgehead atoms. The van der Waals surface area contributed by atoms with Gasteiger partial charge in [0.05, 0.1) is 12.1 Å². The number of hydrogen-bond acceptors (Lipinski definition) is 2. The molecule has 8 heteroatoms. The zero-order chi connectivity index (χ0) is 13.4. The summed E-state index contributed by atoms with van der Waals surface area (Å²) in [5.74, 6) is 0. The van der Waals surface area contributed by atoms with Gasteiger partial charge in [0.1, 0.15) is 0 Å². The van der Waals surface area contributed by atoms with Crippen molar-refractivity contribution in [2.24, 2.45) is 10.8 Å².